The quantitative estimate of drug-likeness (QED) is 0.509. The predicted molar refractivity (Wildman–Crippen MR) is 128 cm³/mol. The summed E-state index contributed by atoms with van der Waals surface area (Å²) in [6, 6.07) is 18.4. The summed E-state index contributed by atoms with van der Waals surface area (Å²) >= 11 is 0. The van der Waals surface area contributed by atoms with E-state index < -0.39 is 10.0 Å². The fourth-order valence-electron chi connectivity index (χ4n) is 4.60. The van der Waals surface area contributed by atoms with Crippen LogP contribution in [0, 0.1) is 0 Å². The van der Waals surface area contributed by atoms with E-state index in [0.717, 1.165) is 61.6 Å². The van der Waals surface area contributed by atoms with E-state index >= 15 is 0 Å². The van der Waals surface area contributed by atoms with Gasteiger partial charge in [0.2, 0.25) is 10.0 Å². The fraction of sp³-hybridized carbons (Fsp3) is 0.400. The molecule has 3 aromatic rings. The van der Waals surface area contributed by atoms with Crippen LogP contribution >= 0.6 is 0 Å². The molecule has 0 radical (unpaired) electrons. The van der Waals surface area contributed by atoms with Crippen LogP contribution in [-0.4, -0.2) is 53.4 Å². The smallest absolute Gasteiger partial charge is 0.211 e. The molecule has 0 saturated heterocycles. The summed E-state index contributed by atoms with van der Waals surface area (Å²) in [4.78, 5) is 2.41. The molecule has 0 spiro atoms. The molecule has 8 heteroatoms. The van der Waals surface area contributed by atoms with Crippen molar-refractivity contribution in [1.82, 2.24) is 19.0 Å². The zero-order valence-electron chi connectivity index (χ0n) is 19.1. The largest absolute Gasteiger partial charge is 0.497 e. The maximum absolute atomic E-state index is 12.5. The highest BCUT2D eigenvalue weighted by Gasteiger charge is 2.37. The lowest BCUT2D eigenvalue weighted by molar-refractivity contribution is 0.242. The van der Waals surface area contributed by atoms with E-state index in [-0.39, 0.29) is 6.04 Å². The first kappa shape index (κ1) is 22.1. The number of methoxy groups -OCH3 is 1. The Balaban J connectivity index is 1.46. The highest BCUT2D eigenvalue weighted by atomic mass is 32.2. The summed E-state index contributed by atoms with van der Waals surface area (Å²) in [6.07, 6.45) is 4.04. The summed E-state index contributed by atoms with van der Waals surface area (Å²) in [5.41, 5.74) is 5.46. The lowest BCUT2D eigenvalue weighted by Crippen LogP contribution is -2.33. The van der Waals surface area contributed by atoms with Gasteiger partial charge in [-0.1, -0.05) is 30.3 Å². The molecular formula is C25H30N4O3S. The topological polar surface area (TPSA) is 67.7 Å². The molecule has 1 fully saturated rings. The van der Waals surface area contributed by atoms with Crippen molar-refractivity contribution in [3.05, 3.63) is 77.1 Å². The Bertz CT molecular complexity index is 1220. The number of aromatic nitrogens is 2. The Morgan fingerprint density at radius 1 is 1.09 bits per heavy atom. The van der Waals surface area contributed by atoms with Gasteiger partial charge in [-0.25, -0.2) is 13.1 Å². The van der Waals surface area contributed by atoms with Crippen LogP contribution in [0.1, 0.15) is 35.4 Å². The molecule has 0 bridgehead atoms. The number of para-hydroxylation sites is 1. The van der Waals surface area contributed by atoms with E-state index in [1.165, 1.54) is 17.5 Å². The van der Waals surface area contributed by atoms with Crippen molar-refractivity contribution in [2.45, 2.75) is 44.9 Å². The van der Waals surface area contributed by atoms with Crippen LogP contribution in [0.3, 0.4) is 0 Å². The van der Waals surface area contributed by atoms with Gasteiger partial charge >= 0.3 is 0 Å². The molecule has 1 aliphatic heterocycles. The van der Waals surface area contributed by atoms with Crippen LogP contribution in [0.2, 0.25) is 0 Å². The third-order valence-electron chi connectivity index (χ3n) is 6.47. The predicted octanol–water partition coefficient (Wildman–Crippen LogP) is 3.36. The zero-order valence-corrected chi connectivity index (χ0v) is 20.0. The van der Waals surface area contributed by atoms with Crippen molar-refractivity contribution >= 4 is 10.0 Å². The SMILES string of the molecule is COc1ccc(CN2CCc3c(c(CN(C4CC4)S(C)(=O)=O)nn3-c3ccccc3)C2)cc1. The number of rotatable bonds is 8. The minimum absolute atomic E-state index is 0.108. The van der Waals surface area contributed by atoms with Gasteiger partial charge in [0.25, 0.3) is 0 Å². The average Bonchev–Trinajstić information content (AvgIpc) is 3.59. The number of hydrogen-bond donors (Lipinski definition) is 0. The van der Waals surface area contributed by atoms with Crippen molar-refractivity contribution in [1.29, 1.82) is 0 Å². The third-order valence-corrected chi connectivity index (χ3v) is 7.75. The molecule has 5 rings (SSSR count). The molecule has 0 atom stereocenters. The highest BCUT2D eigenvalue weighted by molar-refractivity contribution is 7.88. The molecule has 7 nitrogen and oxygen atoms in total. The van der Waals surface area contributed by atoms with Crippen LogP contribution in [0.4, 0.5) is 0 Å². The van der Waals surface area contributed by atoms with Gasteiger partial charge in [-0.3, -0.25) is 4.90 Å². The first-order valence-electron chi connectivity index (χ1n) is 11.4. The Morgan fingerprint density at radius 2 is 1.82 bits per heavy atom. The molecule has 1 aromatic heterocycles. The lowest BCUT2D eigenvalue weighted by Gasteiger charge is -2.28. The second kappa shape index (κ2) is 8.93. The standard InChI is InChI=1S/C25H30N4O3S/c1-32-22-12-8-19(9-13-22)16-27-15-14-25-23(17-27)24(18-28(20-10-11-20)33(2,30)31)26-29(25)21-6-4-3-5-7-21/h3-9,12-13,20H,10-11,14-18H2,1-2H3. The van der Waals surface area contributed by atoms with Crippen LogP contribution in [-0.2, 0) is 36.1 Å². The first-order valence-corrected chi connectivity index (χ1v) is 13.2. The Morgan fingerprint density at radius 3 is 2.45 bits per heavy atom. The molecule has 1 aliphatic carbocycles. The monoisotopic (exact) mass is 466 g/mol. The van der Waals surface area contributed by atoms with E-state index in [1.54, 1.807) is 11.4 Å². The molecule has 2 heterocycles. The number of sulfonamides is 1. The number of fused-ring (bicyclic) bond motifs is 1. The third kappa shape index (κ3) is 4.83. The second-order valence-electron chi connectivity index (χ2n) is 8.97. The number of ether oxygens (including phenoxy) is 1. The van der Waals surface area contributed by atoms with Crippen LogP contribution < -0.4 is 4.74 Å². The van der Waals surface area contributed by atoms with Gasteiger partial charge in [0.15, 0.2) is 0 Å². The minimum atomic E-state index is -3.29. The van der Waals surface area contributed by atoms with E-state index in [9.17, 15) is 8.42 Å². The van der Waals surface area contributed by atoms with Crippen molar-refractivity contribution in [3.8, 4) is 11.4 Å². The van der Waals surface area contributed by atoms with Gasteiger partial charge in [0.05, 0.1) is 37.0 Å². The molecule has 1 saturated carbocycles. The van der Waals surface area contributed by atoms with Gasteiger partial charge in [-0.05, 0) is 42.7 Å². The number of hydrogen-bond acceptors (Lipinski definition) is 5. The molecule has 2 aliphatic rings. The molecule has 0 N–H and O–H groups in total. The summed E-state index contributed by atoms with van der Waals surface area (Å²) in [6.45, 7) is 2.85. The van der Waals surface area contributed by atoms with Gasteiger partial charge in [0, 0.05) is 37.7 Å². The fourth-order valence-corrected chi connectivity index (χ4v) is 5.71. The van der Waals surface area contributed by atoms with Gasteiger partial charge in [-0.15, -0.1) is 0 Å². The molecule has 2 aromatic carbocycles. The Kier molecular flexibility index (Phi) is 5.99. The van der Waals surface area contributed by atoms with E-state index in [0.29, 0.717) is 6.54 Å². The lowest BCUT2D eigenvalue weighted by atomic mass is 10.0. The molecule has 0 amide bonds. The average molecular weight is 467 g/mol. The second-order valence-corrected chi connectivity index (χ2v) is 10.9. The summed E-state index contributed by atoms with van der Waals surface area (Å²) in [5, 5.41) is 4.96. The van der Waals surface area contributed by atoms with Crippen LogP contribution in [0.15, 0.2) is 54.6 Å². The Hall–Kier alpha value is -2.68. The maximum atomic E-state index is 12.5. The van der Waals surface area contributed by atoms with Crippen molar-refractivity contribution in [2.24, 2.45) is 0 Å². The molecule has 33 heavy (non-hydrogen) atoms. The first-order chi connectivity index (χ1) is 15.9. The van der Waals surface area contributed by atoms with E-state index in [1.807, 2.05) is 35.0 Å². The molecule has 0 unspecified atom stereocenters. The van der Waals surface area contributed by atoms with Crippen molar-refractivity contribution < 1.29 is 13.2 Å². The zero-order chi connectivity index (χ0) is 23.0. The van der Waals surface area contributed by atoms with Gasteiger partial charge in [0.1, 0.15) is 5.75 Å². The molecular weight excluding hydrogens is 436 g/mol. The normalized spacial score (nSPS) is 16.7. The van der Waals surface area contributed by atoms with E-state index in [2.05, 4.69) is 29.2 Å². The maximum Gasteiger partial charge on any atom is 0.211 e. The highest BCUT2D eigenvalue weighted by Crippen LogP contribution is 2.33. The van der Waals surface area contributed by atoms with E-state index in [4.69, 9.17) is 9.84 Å². The summed E-state index contributed by atoms with van der Waals surface area (Å²) in [7, 11) is -1.62. The summed E-state index contributed by atoms with van der Waals surface area (Å²) in [5.74, 6) is 0.854. The van der Waals surface area contributed by atoms with Crippen LogP contribution in [0.5, 0.6) is 5.75 Å². The Labute approximate surface area is 195 Å². The van der Waals surface area contributed by atoms with Gasteiger partial charge < -0.3 is 4.74 Å². The molecule has 174 valence electrons. The number of benzene rings is 2. The minimum Gasteiger partial charge on any atom is -0.497 e. The van der Waals surface area contributed by atoms with Crippen LogP contribution in [0.25, 0.3) is 5.69 Å². The number of nitrogens with zero attached hydrogens (tertiary/aromatic N) is 4. The summed E-state index contributed by atoms with van der Waals surface area (Å²) < 4.78 is 33.9. The van der Waals surface area contributed by atoms with Crippen molar-refractivity contribution in [2.75, 3.05) is 19.9 Å². The van der Waals surface area contributed by atoms with Crippen molar-refractivity contribution in [3.63, 3.8) is 0 Å². The van der Waals surface area contributed by atoms with Gasteiger partial charge in [-0.2, -0.15) is 9.40 Å².